The Balaban J connectivity index is 1.24. The molecule has 4 heteroatoms. The van der Waals surface area contributed by atoms with Crippen LogP contribution in [0.2, 0.25) is 0 Å². The molecular weight excluding hydrogens is 545 g/mol. The summed E-state index contributed by atoms with van der Waals surface area (Å²) in [6, 6.07) is 49.2. The molecule has 0 unspecified atom stereocenters. The lowest BCUT2D eigenvalue weighted by molar-refractivity contribution is 0.669. The van der Waals surface area contributed by atoms with Gasteiger partial charge in [0.15, 0.2) is 0 Å². The average Bonchev–Trinajstić information content (AvgIpc) is 3.64. The lowest BCUT2D eigenvalue weighted by Gasteiger charge is -2.24. The number of para-hydroxylation sites is 1. The molecular formula is C39H24N2OS. The van der Waals surface area contributed by atoms with E-state index in [0.29, 0.717) is 0 Å². The average molecular weight is 569 g/mol. The number of furan rings is 1. The van der Waals surface area contributed by atoms with E-state index in [1.807, 2.05) is 35.7 Å². The molecule has 9 rings (SSSR count). The Morgan fingerprint density at radius 2 is 1.23 bits per heavy atom. The molecule has 0 N–H and O–H groups in total. The van der Waals surface area contributed by atoms with Gasteiger partial charge >= 0.3 is 0 Å². The van der Waals surface area contributed by atoms with Gasteiger partial charge in [-0.25, -0.2) is 4.98 Å². The highest BCUT2D eigenvalue weighted by molar-refractivity contribution is 7.26. The minimum Gasteiger partial charge on any atom is -0.456 e. The van der Waals surface area contributed by atoms with Gasteiger partial charge in [0.25, 0.3) is 0 Å². The highest BCUT2D eigenvalue weighted by Gasteiger charge is 2.19. The fourth-order valence-corrected chi connectivity index (χ4v) is 7.38. The first kappa shape index (κ1) is 24.2. The molecule has 0 aliphatic carbocycles. The molecule has 202 valence electrons. The van der Waals surface area contributed by atoms with Crippen molar-refractivity contribution in [3.63, 3.8) is 0 Å². The highest BCUT2D eigenvalue weighted by atomic mass is 32.1. The number of aromatic nitrogens is 1. The van der Waals surface area contributed by atoms with E-state index < -0.39 is 0 Å². The second-order valence-corrected chi connectivity index (χ2v) is 11.9. The largest absolute Gasteiger partial charge is 0.456 e. The Hall–Kier alpha value is -5.45. The van der Waals surface area contributed by atoms with Gasteiger partial charge in [-0.15, -0.1) is 11.3 Å². The molecule has 3 heterocycles. The molecule has 0 spiro atoms. The molecule has 3 nitrogen and oxygen atoms in total. The monoisotopic (exact) mass is 568 g/mol. The summed E-state index contributed by atoms with van der Waals surface area (Å²) in [6.07, 6.45) is 2.05. The standard InChI is InChI=1S/C39H24N2OS/c1-2-8-25(9-3-1)26-14-17-28(18-15-26)41(29-19-20-35-32(22-29)31-12-6-7-13-34(31)42-35)38-23-37-33(24-40-38)39-30-11-5-4-10-27(30)16-21-36(39)43-37/h1-24H. The number of benzene rings is 6. The molecule has 3 aromatic heterocycles. The summed E-state index contributed by atoms with van der Waals surface area (Å²) < 4.78 is 8.65. The van der Waals surface area contributed by atoms with Crippen LogP contribution in [0.3, 0.4) is 0 Å². The number of fused-ring (bicyclic) bond motifs is 8. The normalized spacial score (nSPS) is 11.7. The van der Waals surface area contributed by atoms with Gasteiger partial charge in [0.05, 0.1) is 0 Å². The molecule has 0 amide bonds. The predicted octanol–water partition coefficient (Wildman–Crippen LogP) is 11.6. The van der Waals surface area contributed by atoms with E-state index in [-0.39, 0.29) is 0 Å². The number of nitrogens with zero attached hydrogens (tertiary/aromatic N) is 2. The molecule has 6 aromatic carbocycles. The fourth-order valence-electron chi connectivity index (χ4n) is 6.25. The van der Waals surface area contributed by atoms with Crippen LogP contribution < -0.4 is 4.90 Å². The minimum absolute atomic E-state index is 0.878. The zero-order chi connectivity index (χ0) is 28.3. The lowest BCUT2D eigenvalue weighted by Crippen LogP contribution is -2.11. The van der Waals surface area contributed by atoms with Crippen molar-refractivity contribution < 1.29 is 4.42 Å². The van der Waals surface area contributed by atoms with E-state index in [4.69, 9.17) is 9.40 Å². The first-order valence-electron chi connectivity index (χ1n) is 14.4. The Bertz CT molecular complexity index is 2460. The Morgan fingerprint density at radius 1 is 0.512 bits per heavy atom. The fraction of sp³-hybridized carbons (Fsp3) is 0. The molecule has 0 saturated carbocycles. The van der Waals surface area contributed by atoms with E-state index in [2.05, 4.69) is 126 Å². The quantitative estimate of drug-likeness (QED) is 0.211. The maximum atomic E-state index is 6.16. The molecule has 0 fully saturated rings. The van der Waals surface area contributed by atoms with Gasteiger partial charge in [0.1, 0.15) is 17.0 Å². The Morgan fingerprint density at radius 3 is 2.12 bits per heavy atom. The van der Waals surface area contributed by atoms with Crippen LogP contribution in [0.5, 0.6) is 0 Å². The highest BCUT2D eigenvalue weighted by Crippen LogP contribution is 2.43. The van der Waals surface area contributed by atoms with Crippen molar-refractivity contribution in [1.82, 2.24) is 4.98 Å². The summed E-state index contributed by atoms with van der Waals surface area (Å²) in [5.41, 5.74) is 6.23. The molecule has 0 saturated heterocycles. The topological polar surface area (TPSA) is 29.3 Å². The van der Waals surface area contributed by atoms with Crippen molar-refractivity contribution in [3.05, 3.63) is 146 Å². The third-order valence-electron chi connectivity index (χ3n) is 8.31. The van der Waals surface area contributed by atoms with Crippen molar-refractivity contribution in [1.29, 1.82) is 0 Å². The zero-order valence-corrected chi connectivity index (χ0v) is 23.9. The van der Waals surface area contributed by atoms with E-state index in [0.717, 1.165) is 39.1 Å². The van der Waals surface area contributed by atoms with Crippen LogP contribution in [0.1, 0.15) is 0 Å². The molecule has 43 heavy (non-hydrogen) atoms. The minimum atomic E-state index is 0.878. The molecule has 0 bridgehead atoms. The van der Waals surface area contributed by atoms with Crippen LogP contribution in [0.4, 0.5) is 17.2 Å². The van der Waals surface area contributed by atoms with Crippen molar-refractivity contribution in [2.45, 2.75) is 0 Å². The van der Waals surface area contributed by atoms with E-state index in [1.165, 1.54) is 42.1 Å². The number of rotatable bonds is 4. The Labute approximate surface area is 251 Å². The summed E-state index contributed by atoms with van der Waals surface area (Å²) in [5, 5.41) is 7.19. The first-order valence-corrected chi connectivity index (χ1v) is 15.2. The van der Waals surface area contributed by atoms with Crippen molar-refractivity contribution in [2.75, 3.05) is 4.90 Å². The summed E-state index contributed by atoms with van der Waals surface area (Å²) >= 11 is 1.82. The molecule has 0 aliphatic rings. The van der Waals surface area contributed by atoms with Gasteiger partial charge < -0.3 is 4.42 Å². The van der Waals surface area contributed by atoms with E-state index in [9.17, 15) is 0 Å². The second-order valence-electron chi connectivity index (χ2n) is 10.8. The SMILES string of the molecule is c1ccc(-c2ccc(N(c3ccc4oc5ccccc5c4c3)c3cc4sc5ccc6ccccc6c5c4cn3)cc2)cc1. The third kappa shape index (κ3) is 3.92. The van der Waals surface area contributed by atoms with Crippen molar-refractivity contribution >= 4 is 81.4 Å². The number of hydrogen-bond acceptors (Lipinski definition) is 4. The zero-order valence-electron chi connectivity index (χ0n) is 23.1. The number of thiophene rings is 1. The summed E-state index contributed by atoms with van der Waals surface area (Å²) in [4.78, 5) is 7.36. The Kier molecular flexibility index (Phi) is 5.37. The maximum Gasteiger partial charge on any atom is 0.138 e. The maximum absolute atomic E-state index is 6.16. The number of pyridine rings is 1. The van der Waals surface area contributed by atoms with Gasteiger partial charge in [0, 0.05) is 48.5 Å². The molecule has 0 radical (unpaired) electrons. The molecule has 0 atom stereocenters. The van der Waals surface area contributed by atoms with Gasteiger partial charge in [-0.2, -0.15) is 0 Å². The summed E-state index contributed by atoms with van der Waals surface area (Å²) in [7, 11) is 0. The smallest absolute Gasteiger partial charge is 0.138 e. The van der Waals surface area contributed by atoms with Gasteiger partial charge in [-0.05, 0) is 70.4 Å². The van der Waals surface area contributed by atoms with Crippen molar-refractivity contribution in [3.8, 4) is 11.1 Å². The van der Waals surface area contributed by atoms with Gasteiger partial charge in [-0.3, -0.25) is 4.90 Å². The predicted molar refractivity (Wildman–Crippen MR) is 182 cm³/mol. The van der Waals surface area contributed by atoms with Crippen LogP contribution in [0.15, 0.2) is 150 Å². The molecule has 9 aromatic rings. The van der Waals surface area contributed by atoms with Gasteiger partial charge in [-0.1, -0.05) is 91.0 Å². The van der Waals surface area contributed by atoms with E-state index >= 15 is 0 Å². The third-order valence-corrected chi connectivity index (χ3v) is 9.43. The summed E-state index contributed by atoms with van der Waals surface area (Å²) in [5.74, 6) is 0.878. The van der Waals surface area contributed by atoms with Crippen molar-refractivity contribution in [2.24, 2.45) is 0 Å². The number of hydrogen-bond donors (Lipinski definition) is 0. The number of anilines is 3. The van der Waals surface area contributed by atoms with E-state index in [1.54, 1.807) is 0 Å². The van der Waals surface area contributed by atoms with Crippen LogP contribution in [-0.2, 0) is 0 Å². The van der Waals surface area contributed by atoms with Crippen LogP contribution in [-0.4, -0.2) is 4.98 Å². The summed E-state index contributed by atoms with van der Waals surface area (Å²) in [6.45, 7) is 0. The lowest BCUT2D eigenvalue weighted by atomic mass is 10.0. The van der Waals surface area contributed by atoms with Gasteiger partial charge in [0.2, 0.25) is 0 Å². The molecule has 0 aliphatic heterocycles. The second kappa shape index (κ2) is 9.55. The van der Waals surface area contributed by atoms with Crippen LogP contribution in [0, 0.1) is 0 Å². The first-order chi connectivity index (χ1) is 21.3. The van der Waals surface area contributed by atoms with Crippen LogP contribution >= 0.6 is 11.3 Å². The van der Waals surface area contributed by atoms with Crippen LogP contribution in [0.25, 0.3) is 64.0 Å².